The molecule has 0 bridgehead atoms. The molecule has 3 rings (SSSR count). The Kier molecular flexibility index (Phi) is 4.96. The van der Waals surface area contributed by atoms with Gasteiger partial charge < -0.3 is 15.0 Å². The highest BCUT2D eigenvalue weighted by Crippen LogP contribution is 2.21. The van der Waals surface area contributed by atoms with Gasteiger partial charge in [0.05, 0.1) is 12.0 Å². The zero-order chi connectivity index (χ0) is 16.2. The monoisotopic (exact) mass is 316 g/mol. The van der Waals surface area contributed by atoms with Crippen molar-refractivity contribution in [3.05, 3.63) is 35.4 Å². The number of likely N-dealkylation sites (tertiary alicyclic amines) is 1. The summed E-state index contributed by atoms with van der Waals surface area (Å²) in [5, 5.41) is 2.94. The SMILES string of the molecule is Cc1ccc(CN2C[C@H](C(=O)NC[C@@H]3CCCO3)CC2=O)cc1. The quantitative estimate of drug-likeness (QED) is 0.898. The smallest absolute Gasteiger partial charge is 0.225 e. The Morgan fingerprint density at radius 2 is 2.13 bits per heavy atom. The van der Waals surface area contributed by atoms with Crippen molar-refractivity contribution in [2.24, 2.45) is 5.92 Å². The number of amides is 2. The van der Waals surface area contributed by atoms with E-state index in [9.17, 15) is 9.59 Å². The highest BCUT2D eigenvalue weighted by atomic mass is 16.5. The molecule has 0 saturated carbocycles. The summed E-state index contributed by atoms with van der Waals surface area (Å²) in [5.74, 6) is -0.211. The zero-order valence-electron chi connectivity index (χ0n) is 13.6. The van der Waals surface area contributed by atoms with Crippen LogP contribution in [0.3, 0.4) is 0 Å². The van der Waals surface area contributed by atoms with Crippen LogP contribution in [0.1, 0.15) is 30.4 Å². The summed E-state index contributed by atoms with van der Waals surface area (Å²) in [7, 11) is 0. The summed E-state index contributed by atoms with van der Waals surface area (Å²) in [6.45, 7) is 4.46. The number of aryl methyl sites for hydroxylation is 1. The van der Waals surface area contributed by atoms with E-state index in [1.54, 1.807) is 4.90 Å². The van der Waals surface area contributed by atoms with Crippen LogP contribution in [0.2, 0.25) is 0 Å². The van der Waals surface area contributed by atoms with Crippen molar-refractivity contribution in [1.82, 2.24) is 10.2 Å². The number of benzene rings is 1. The van der Waals surface area contributed by atoms with Crippen LogP contribution < -0.4 is 5.32 Å². The van der Waals surface area contributed by atoms with Crippen LogP contribution >= 0.6 is 0 Å². The van der Waals surface area contributed by atoms with E-state index in [-0.39, 0.29) is 23.8 Å². The molecule has 23 heavy (non-hydrogen) atoms. The van der Waals surface area contributed by atoms with E-state index in [1.807, 2.05) is 31.2 Å². The molecule has 0 radical (unpaired) electrons. The standard InChI is InChI=1S/C18H24N2O3/c1-13-4-6-14(7-5-13)11-20-12-15(9-17(20)21)18(22)19-10-16-3-2-8-23-16/h4-7,15-16H,2-3,8-12H2,1H3,(H,19,22)/t15-,16+/m1/s1. The van der Waals surface area contributed by atoms with Crippen molar-refractivity contribution in [3.63, 3.8) is 0 Å². The van der Waals surface area contributed by atoms with Crippen LogP contribution in [0.5, 0.6) is 0 Å². The Balaban J connectivity index is 1.50. The average molecular weight is 316 g/mol. The molecule has 5 nitrogen and oxygen atoms in total. The van der Waals surface area contributed by atoms with Crippen LogP contribution in [-0.4, -0.2) is 42.5 Å². The maximum Gasteiger partial charge on any atom is 0.225 e. The van der Waals surface area contributed by atoms with Gasteiger partial charge in [0.1, 0.15) is 0 Å². The van der Waals surface area contributed by atoms with Gasteiger partial charge in [-0.25, -0.2) is 0 Å². The third-order valence-electron chi connectivity index (χ3n) is 4.61. The number of hydrogen-bond donors (Lipinski definition) is 1. The van der Waals surface area contributed by atoms with E-state index in [0.29, 0.717) is 26.1 Å². The first kappa shape index (κ1) is 16.0. The molecule has 0 aromatic heterocycles. The summed E-state index contributed by atoms with van der Waals surface area (Å²) in [6.07, 6.45) is 2.51. The Morgan fingerprint density at radius 3 is 2.83 bits per heavy atom. The Labute approximate surface area is 137 Å². The summed E-state index contributed by atoms with van der Waals surface area (Å²) in [5.41, 5.74) is 2.30. The lowest BCUT2D eigenvalue weighted by atomic mass is 10.1. The summed E-state index contributed by atoms with van der Waals surface area (Å²) < 4.78 is 5.50. The number of ether oxygens (including phenoxy) is 1. The molecular weight excluding hydrogens is 292 g/mol. The molecule has 2 aliphatic rings. The number of nitrogens with zero attached hydrogens (tertiary/aromatic N) is 1. The van der Waals surface area contributed by atoms with Gasteiger partial charge in [-0.15, -0.1) is 0 Å². The predicted molar refractivity (Wildman–Crippen MR) is 86.7 cm³/mol. The van der Waals surface area contributed by atoms with Gasteiger partial charge in [0.2, 0.25) is 11.8 Å². The van der Waals surface area contributed by atoms with Gasteiger partial charge in [-0.2, -0.15) is 0 Å². The lowest BCUT2D eigenvalue weighted by molar-refractivity contribution is -0.129. The fraction of sp³-hybridized carbons (Fsp3) is 0.556. The topological polar surface area (TPSA) is 58.6 Å². The maximum absolute atomic E-state index is 12.2. The molecule has 2 amide bonds. The van der Waals surface area contributed by atoms with Gasteiger partial charge in [0.15, 0.2) is 0 Å². The molecule has 1 aromatic rings. The minimum absolute atomic E-state index is 0.0275. The molecule has 1 N–H and O–H groups in total. The molecule has 2 heterocycles. The van der Waals surface area contributed by atoms with E-state index in [2.05, 4.69) is 5.32 Å². The fourth-order valence-corrected chi connectivity index (χ4v) is 3.18. The molecule has 2 fully saturated rings. The highest BCUT2D eigenvalue weighted by Gasteiger charge is 2.34. The number of rotatable bonds is 5. The largest absolute Gasteiger partial charge is 0.376 e. The van der Waals surface area contributed by atoms with Crippen molar-refractivity contribution in [3.8, 4) is 0 Å². The van der Waals surface area contributed by atoms with Gasteiger partial charge in [-0.1, -0.05) is 29.8 Å². The average Bonchev–Trinajstić information content (AvgIpc) is 3.18. The van der Waals surface area contributed by atoms with Crippen LogP contribution in [0.4, 0.5) is 0 Å². The zero-order valence-corrected chi connectivity index (χ0v) is 13.6. The van der Waals surface area contributed by atoms with E-state index >= 15 is 0 Å². The Hall–Kier alpha value is -1.88. The van der Waals surface area contributed by atoms with Gasteiger partial charge in [0, 0.05) is 32.7 Å². The van der Waals surface area contributed by atoms with Crippen LogP contribution in [0.15, 0.2) is 24.3 Å². The first-order chi connectivity index (χ1) is 11.1. The minimum atomic E-state index is -0.241. The molecule has 0 spiro atoms. The van der Waals surface area contributed by atoms with Gasteiger partial charge in [-0.05, 0) is 25.3 Å². The molecule has 124 valence electrons. The van der Waals surface area contributed by atoms with E-state index in [1.165, 1.54) is 5.56 Å². The number of nitrogens with one attached hydrogen (secondary N) is 1. The van der Waals surface area contributed by atoms with Crippen molar-refractivity contribution >= 4 is 11.8 Å². The lowest BCUT2D eigenvalue weighted by Crippen LogP contribution is -2.37. The first-order valence-corrected chi connectivity index (χ1v) is 8.34. The molecule has 2 saturated heterocycles. The third kappa shape index (κ3) is 4.10. The van der Waals surface area contributed by atoms with Gasteiger partial charge in [-0.3, -0.25) is 9.59 Å². The molecule has 0 unspecified atom stereocenters. The first-order valence-electron chi connectivity index (χ1n) is 8.34. The van der Waals surface area contributed by atoms with E-state index in [0.717, 1.165) is 25.0 Å². The Bertz CT molecular complexity index is 564. The maximum atomic E-state index is 12.2. The van der Waals surface area contributed by atoms with E-state index in [4.69, 9.17) is 4.74 Å². The number of carbonyl (C=O) groups is 2. The van der Waals surface area contributed by atoms with Gasteiger partial charge >= 0.3 is 0 Å². The fourth-order valence-electron chi connectivity index (χ4n) is 3.18. The van der Waals surface area contributed by atoms with Crippen molar-refractivity contribution < 1.29 is 14.3 Å². The second kappa shape index (κ2) is 7.13. The van der Waals surface area contributed by atoms with Crippen LogP contribution in [-0.2, 0) is 20.9 Å². The highest BCUT2D eigenvalue weighted by molar-refractivity contribution is 5.89. The number of carbonyl (C=O) groups excluding carboxylic acids is 2. The molecule has 0 aliphatic carbocycles. The number of hydrogen-bond acceptors (Lipinski definition) is 3. The lowest BCUT2D eigenvalue weighted by Gasteiger charge is -2.17. The van der Waals surface area contributed by atoms with Crippen molar-refractivity contribution in [1.29, 1.82) is 0 Å². The van der Waals surface area contributed by atoms with Crippen molar-refractivity contribution in [2.75, 3.05) is 19.7 Å². The van der Waals surface area contributed by atoms with Crippen molar-refractivity contribution in [2.45, 2.75) is 38.8 Å². The Morgan fingerprint density at radius 1 is 1.35 bits per heavy atom. The molecular formula is C18H24N2O3. The summed E-state index contributed by atoms with van der Waals surface area (Å²) in [4.78, 5) is 26.2. The predicted octanol–water partition coefficient (Wildman–Crippen LogP) is 1.64. The van der Waals surface area contributed by atoms with Crippen LogP contribution in [0, 0.1) is 12.8 Å². The molecule has 1 aromatic carbocycles. The van der Waals surface area contributed by atoms with E-state index < -0.39 is 0 Å². The minimum Gasteiger partial charge on any atom is -0.376 e. The molecule has 2 atom stereocenters. The third-order valence-corrected chi connectivity index (χ3v) is 4.61. The molecule has 5 heteroatoms. The van der Waals surface area contributed by atoms with Crippen LogP contribution in [0.25, 0.3) is 0 Å². The molecule has 2 aliphatic heterocycles. The normalized spacial score (nSPS) is 24.2. The summed E-state index contributed by atoms with van der Waals surface area (Å²) >= 11 is 0. The second-order valence-electron chi connectivity index (χ2n) is 6.54. The van der Waals surface area contributed by atoms with Gasteiger partial charge in [0.25, 0.3) is 0 Å². The summed E-state index contributed by atoms with van der Waals surface area (Å²) in [6, 6.07) is 8.16. The second-order valence-corrected chi connectivity index (χ2v) is 6.54.